The van der Waals surface area contributed by atoms with Crippen LogP contribution in [0.4, 0.5) is 0 Å². The van der Waals surface area contributed by atoms with Gasteiger partial charge in [0.05, 0.1) is 10.9 Å². The number of aromatic nitrogens is 2. The van der Waals surface area contributed by atoms with Crippen LogP contribution in [-0.4, -0.2) is 44.0 Å². The molecule has 1 N–H and O–H groups in total. The molecule has 26 heavy (non-hydrogen) atoms. The van der Waals surface area contributed by atoms with E-state index >= 15 is 0 Å². The van der Waals surface area contributed by atoms with Gasteiger partial charge in [0.15, 0.2) is 0 Å². The molecule has 1 unspecified atom stereocenters. The Morgan fingerprint density at radius 1 is 1.12 bits per heavy atom. The number of rotatable bonds is 2. The Balaban J connectivity index is 1.75. The topological polar surface area (TPSA) is 92.5 Å². The van der Waals surface area contributed by atoms with Crippen molar-refractivity contribution in [2.75, 3.05) is 6.54 Å². The Morgan fingerprint density at radius 2 is 1.96 bits per heavy atom. The minimum absolute atomic E-state index is 0.0597. The van der Waals surface area contributed by atoms with Crippen molar-refractivity contribution in [3.63, 3.8) is 0 Å². The molecule has 0 bridgehead atoms. The van der Waals surface area contributed by atoms with Crippen LogP contribution in [0.3, 0.4) is 0 Å². The number of hydrogen-bond acceptors (Lipinski definition) is 4. The van der Waals surface area contributed by atoms with Crippen LogP contribution in [0.1, 0.15) is 48.3 Å². The molecule has 0 aliphatic carbocycles. The van der Waals surface area contributed by atoms with Gasteiger partial charge in [0.2, 0.25) is 0 Å². The monoisotopic (exact) mass is 355 g/mol. The minimum atomic E-state index is -0.974. The maximum atomic E-state index is 12.8. The quantitative estimate of drug-likeness (QED) is 0.887. The van der Waals surface area contributed by atoms with Gasteiger partial charge < -0.3 is 10.0 Å². The smallest absolute Gasteiger partial charge is 0.326 e. The Bertz CT molecular complexity index is 950. The van der Waals surface area contributed by atoms with Crippen molar-refractivity contribution in [3.05, 3.63) is 39.9 Å². The lowest BCUT2D eigenvalue weighted by atomic mass is 10.1. The molecule has 3 heterocycles. The summed E-state index contributed by atoms with van der Waals surface area (Å²) in [6.45, 7) is 1.12. The van der Waals surface area contributed by atoms with E-state index < -0.39 is 12.0 Å². The van der Waals surface area contributed by atoms with E-state index in [0.29, 0.717) is 42.4 Å². The van der Waals surface area contributed by atoms with Crippen LogP contribution in [0, 0.1) is 0 Å². The summed E-state index contributed by atoms with van der Waals surface area (Å²) in [5.74, 6) is -0.513. The zero-order valence-electron chi connectivity index (χ0n) is 14.5. The zero-order chi connectivity index (χ0) is 18.3. The van der Waals surface area contributed by atoms with Gasteiger partial charge in [-0.1, -0.05) is 6.42 Å². The maximum Gasteiger partial charge on any atom is 0.326 e. The second-order valence-electron chi connectivity index (χ2n) is 7.02. The van der Waals surface area contributed by atoms with Gasteiger partial charge in [0, 0.05) is 25.1 Å². The average Bonchev–Trinajstić information content (AvgIpc) is 3.01. The first kappa shape index (κ1) is 16.8. The summed E-state index contributed by atoms with van der Waals surface area (Å²) in [6, 6.07) is 4.10. The molecule has 7 heteroatoms. The van der Waals surface area contributed by atoms with Crippen molar-refractivity contribution in [2.45, 2.75) is 51.1 Å². The lowest BCUT2D eigenvalue weighted by molar-refractivity contribution is -0.141. The van der Waals surface area contributed by atoms with E-state index in [9.17, 15) is 19.5 Å². The molecule has 2 aromatic rings. The highest BCUT2D eigenvalue weighted by Gasteiger charge is 2.34. The minimum Gasteiger partial charge on any atom is -0.480 e. The number of carboxylic acids is 1. The molecule has 136 valence electrons. The Hall–Kier alpha value is -2.70. The van der Waals surface area contributed by atoms with Crippen LogP contribution in [0.5, 0.6) is 0 Å². The van der Waals surface area contributed by atoms with Crippen LogP contribution < -0.4 is 5.56 Å². The third-order valence-electron chi connectivity index (χ3n) is 5.36. The number of carbonyl (C=O) groups is 2. The van der Waals surface area contributed by atoms with E-state index in [0.717, 1.165) is 31.5 Å². The predicted molar refractivity (Wildman–Crippen MR) is 95.3 cm³/mol. The number of aliphatic carboxylic acids is 1. The number of aryl methyl sites for hydroxylation is 1. The predicted octanol–water partition coefficient (Wildman–Crippen LogP) is 1.81. The Morgan fingerprint density at radius 3 is 2.77 bits per heavy atom. The van der Waals surface area contributed by atoms with Gasteiger partial charge in [-0.2, -0.15) is 0 Å². The van der Waals surface area contributed by atoms with E-state index in [4.69, 9.17) is 0 Å². The van der Waals surface area contributed by atoms with E-state index in [1.165, 1.54) is 4.90 Å². The molecule has 2 aliphatic rings. The largest absolute Gasteiger partial charge is 0.480 e. The van der Waals surface area contributed by atoms with Gasteiger partial charge in [-0.25, -0.2) is 9.78 Å². The molecule has 2 aliphatic heterocycles. The summed E-state index contributed by atoms with van der Waals surface area (Å²) in [5.41, 5.74) is 0.840. The van der Waals surface area contributed by atoms with Crippen LogP contribution >= 0.6 is 0 Å². The first-order valence-corrected chi connectivity index (χ1v) is 9.13. The van der Waals surface area contributed by atoms with Crippen LogP contribution in [0.2, 0.25) is 0 Å². The molecule has 7 nitrogen and oxygen atoms in total. The zero-order valence-corrected chi connectivity index (χ0v) is 14.5. The van der Waals surface area contributed by atoms with Crippen LogP contribution in [0.25, 0.3) is 10.9 Å². The van der Waals surface area contributed by atoms with Crippen LogP contribution in [0.15, 0.2) is 23.0 Å². The maximum absolute atomic E-state index is 12.8. The average molecular weight is 355 g/mol. The fourth-order valence-corrected chi connectivity index (χ4v) is 3.98. The molecule has 1 saturated heterocycles. The van der Waals surface area contributed by atoms with E-state index in [1.54, 1.807) is 22.8 Å². The van der Waals surface area contributed by atoms with Crippen molar-refractivity contribution in [1.82, 2.24) is 14.5 Å². The van der Waals surface area contributed by atoms with E-state index in [-0.39, 0.29) is 11.5 Å². The third-order valence-corrected chi connectivity index (χ3v) is 5.36. The van der Waals surface area contributed by atoms with Crippen molar-refractivity contribution in [1.29, 1.82) is 0 Å². The number of likely N-dealkylation sites (tertiary alicyclic amines) is 1. The van der Waals surface area contributed by atoms with E-state index in [1.807, 2.05) is 0 Å². The highest BCUT2D eigenvalue weighted by atomic mass is 16.4. The van der Waals surface area contributed by atoms with Gasteiger partial charge in [0.25, 0.3) is 11.5 Å². The first-order valence-electron chi connectivity index (χ1n) is 9.13. The number of nitrogens with zero attached hydrogens (tertiary/aromatic N) is 3. The van der Waals surface area contributed by atoms with Gasteiger partial charge in [-0.05, 0) is 43.9 Å². The van der Waals surface area contributed by atoms with Crippen LogP contribution in [-0.2, 0) is 17.8 Å². The lowest BCUT2D eigenvalue weighted by Crippen LogP contribution is -2.40. The van der Waals surface area contributed by atoms with Gasteiger partial charge >= 0.3 is 5.97 Å². The second kappa shape index (κ2) is 6.55. The number of fused-ring (bicyclic) bond motifs is 2. The molecule has 1 aromatic carbocycles. The van der Waals surface area contributed by atoms with Crippen molar-refractivity contribution < 1.29 is 14.7 Å². The summed E-state index contributed by atoms with van der Waals surface area (Å²) in [6.07, 6.45) is 4.98. The molecule has 0 saturated carbocycles. The molecule has 0 radical (unpaired) electrons. The highest BCUT2D eigenvalue weighted by molar-refractivity contribution is 5.99. The molecule has 1 aromatic heterocycles. The molecular weight excluding hydrogens is 334 g/mol. The lowest BCUT2D eigenvalue weighted by Gasteiger charge is -2.21. The fourth-order valence-electron chi connectivity index (χ4n) is 3.98. The van der Waals surface area contributed by atoms with Crippen molar-refractivity contribution in [3.8, 4) is 0 Å². The Kier molecular flexibility index (Phi) is 4.22. The molecule has 1 amide bonds. The summed E-state index contributed by atoms with van der Waals surface area (Å²) < 4.78 is 1.75. The fraction of sp³-hybridized carbons (Fsp3) is 0.474. The second-order valence-corrected chi connectivity index (χ2v) is 7.02. The number of benzene rings is 1. The first-order chi connectivity index (χ1) is 12.6. The van der Waals surface area contributed by atoms with Crippen molar-refractivity contribution in [2.24, 2.45) is 0 Å². The summed E-state index contributed by atoms with van der Waals surface area (Å²) >= 11 is 0. The molecular formula is C19H21N3O4. The van der Waals surface area contributed by atoms with Gasteiger partial charge in [-0.3, -0.25) is 14.2 Å². The third kappa shape index (κ3) is 2.77. The number of amides is 1. The molecule has 1 fully saturated rings. The van der Waals surface area contributed by atoms with Crippen molar-refractivity contribution >= 4 is 22.8 Å². The summed E-state index contributed by atoms with van der Waals surface area (Å²) in [7, 11) is 0. The Labute approximate surface area is 150 Å². The van der Waals surface area contributed by atoms with E-state index in [2.05, 4.69) is 4.98 Å². The molecule has 4 rings (SSSR count). The molecule has 1 atom stereocenters. The number of hydrogen-bond donors (Lipinski definition) is 1. The highest BCUT2D eigenvalue weighted by Crippen LogP contribution is 2.22. The standard InChI is InChI=1S/C19H21N3O4/c23-17(21-10-4-5-15(21)19(25)26)12-7-8-13-14(11-12)20-16-6-2-1-3-9-22(16)18(13)24/h7-8,11,15H,1-6,9-10H2,(H,25,26). The SMILES string of the molecule is O=C(O)C1CCCN1C(=O)c1ccc2c(=O)n3c(nc2c1)CCCCC3. The van der Waals surface area contributed by atoms with Gasteiger partial charge in [0.1, 0.15) is 11.9 Å². The summed E-state index contributed by atoms with van der Waals surface area (Å²) in [5, 5.41) is 9.80. The summed E-state index contributed by atoms with van der Waals surface area (Å²) in [4.78, 5) is 42.9. The number of carbonyl (C=O) groups excluding carboxylic acids is 1. The van der Waals surface area contributed by atoms with Gasteiger partial charge in [-0.15, -0.1) is 0 Å². The number of carboxylic acid groups (broad SMARTS) is 1. The molecule has 0 spiro atoms. The normalized spacial score (nSPS) is 20.0.